The second kappa shape index (κ2) is 7.30. The lowest BCUT2D eigenvalue weighted by atomic mass is 10.5. The Kier molecular flexibility index (Phi) is 7.08. The highest BCUT2D eigenvalue weighted by Crippen LogP contribution is 1.73. The van der Waals surface area contributed by atoms with Gasteiger partial charge < -0.3 is 10.6 Å². The summed E-state index contributed by atoms with van der Waals surface area (Å²) in [5.41, 5.74) is 0. The fraction of sp³-hybridized carbons (Fsp3) is 0.667. The minimum atomic E-state index is -0.251. The van der Waals surface area contributed by atoms with Gasteiger partial charge in [0.25, 0.3) is 0 Å². The van der Waals surface area contributed by atoms with E-state index in [1.807, 2.05) is 0 Å². The maximum atomic E-state index is 10.8. The van der Waals surface area contributed by atoms with Crippen LogP contribution in [0.5, 0.6) is 0 Å². The van der Waals surface area contributed by atoms with E-state index in [1.54, 1.807) is 0 Å². The predicted octanol–water partition coefficient (Wildman–Crippen LogP) is -0.922. The third kappa shape index (κ3) is 6.36. The van der Waals surface area contributed by atoms with Crippen molar-refractivity contribution < 1.29 is 9.59 Å². The Morgan fingerprint density at radius 3 is 2.25 bits per heavy atom. The smallest absolute Gasteiger partial charge is 0.239 e. The Morgan fingerprint density at radius 1 is 1.08 bits per heavy atom. The normalized spacial score (nSPS) is 9.17. The Balaban J connectivity index is 3.37. The van der Waals surface area contributed by atoms with Crippen LogP contribution in [0.2, 0.25) is 0 Å². The fourth-order valence-corrected chi connectivity index (χ4v) is 0.716. The van der Waals surface area contributed by atoms with Gasteiger partial charge in [-0.05, 0) is 0 Å². The molecule has 6 heteroatoms. The third-order valence-electron chi connectivity index (χ3n) is 1.02. The van der Waals surface area contributed by atoms with Crippen LogP contribution >= 0.6 is 25.3 Å². The molecule has 0 aromatic carbocycles. The maximum Gasteiger partial charge on any atom is 0.239 e. The number of hydrogen-bond acceptors (Lipinski definition) is 4. The number of thiol groups is 2. The number of carbonyl (C=O) groups is 2. The summed E-state index contributed by atoms with van der Waals surface area (Å²) in [4.78, 5) is 21.4. The molecule has 0 atom stereocenters. The van der Waals surface area contributed by atoms with Crippen LogP contribution in [-0.4, -0.2) is 36.4 Å². The van der Waals surface area contributed by atoms with Crippen molar-refractivity contribution in [3.8, 4) is 0 Å². The van der Waals surface area contributed by atoms with Crippen molar-refractivity contribution in [1.82, 2.24) is 10.6 Å². The monoisotopic (exact) mass is 208 g/mol. The molecule has 0 aromatic heterocycles. The zero-order valence-corrected chi connectivity index (χ0v) is 8.33. The van der Waals surface area contributed by atoms with Gasteiger partial charge in [0, 0.05) is 12.3 Å². The van der Waals surface area contributed by atoms with Crippen molar-refractivity contribution in [2.75, 3.05) is 24.6 Å². The summed E-state index contributed by atoms with van der Waals surface area (Å²) in [5.74, 6) is 0.227. The second-order valence-electron chi connectivity index (χ2n) is 2.01. The van der Waals surface area contributed by atoms with Crippen molar-refractivity contribution in [1.29, 1.82) is 0 Å². The molecule has 0 aliphatic heterocycles. The number of hydrogen-bond donors (Lipinski definition) is 4. The highest BCUT2D eigenvalue weighted by Gasteiger charge is 2.01. The molecule has 4 nitrogen and oxygen atoms in total. The van der Waals surface area contributed by atoms with Gasteiger partial charge in [-0.25, -0.2) is 0 Å². The maximum absolute atomic E-state index is 10.8. The highest BCUT2D eigenvalue weighted by molar-refractivity contribution is 7.81. The molecule has 2 amide bonds. The van der Waals surface area contributed by atoms with Gasteiger partial charge in [-0.2, -0.15) is 25.3 Å². The highest BCUT2D eigenvalue weighted by atomic mass is 32.1. The van der Waals surface area contributed by atoms with Crippen molar-refractivity contribution in [2.24, 2.45) is 0 Å². The van der Waals surface area contributed by atoms with E-state index < -0.39 is 0 Å². The largest absolute Gasteiger partial charge is 0.354 e. The zero-order chi connectivity index (χ0) is 9.40. The lowest BCUT2D eigenvalue weighted by Gasteiger charge is -2.03. The van der Waals surface area contributed by atoms with Gasteiger partial charge in [-0.3, -0.25) is 9.59 Å². The number of carbonyl (C=O) groups excluding carboxylic acids is 2. The van der Waals surface area contributed by atoms with Crippen LogP contribution < -0.4 is 10.6 Å². The van der Waals surface area contributed by atoms with E-state index in [-0.39, 0.29) is 24.1 Å². The molecule has 0 bridgehead atoms. The van der Waals surface area contributed by atoms with E-state index in [0.717, 1.165) is 0 Å². The van der Waals surface area contributed by atoms with Gasteiger partial charge in [-0.15, -0.1) is 0 Å². The minimum absolute atomic E-state index is 0.00711. The number of nitrogens with one attached hydrogen (secondary N) is 2. The summed E-state index contributed by atoms with van der Waals surface area (Å²) < 4.78 is 0. The van der Waals surface area contributed by atoms with Crippen LogP contribution in [0.4, 0.5) is 0 Å². The average Bonchev–Trinajstić information content (AvgIpc) is 2.10. The Bertz CT molecular complexity index is 164. The summed E-state index contributed by atoms with van der Waals surface area (Å²) in [5, 5.41) is 4.95. The van der Waals surface area contributed by atoms with E-state index in [1.165, 1.54) is 0 Å². The molecule has 0 radical (unpaired) electrons. The van der Waals surface area contributed by atoms with Gasteiger partial charge in [-0.1, -0.05) is 0 Å². The first kappa shape index (κ1) is 11.6. The standard InChI is InChI=1S/C6H12N2O2S2/c9-5(7-1-2-11)3-8-6(10)4-12/h11-12H,1-4H2,(H,7,9)(H,8,10). The third-order valence-corrected chi connectivity index (χ3v) is 1.53. The van der Waals surface area contributed by atoms with Gasteiger partial charge >= 0.3 is 0 Å². The van der Waals surface area contributed by atoms with Crippen LogP contribution in [0.1, 0.15) is 0 Å². The molecule has 0 rings (SSSR count). The molecule has 0 saturated heterocycles. The number of rotatable bonds is 5. The van der Waals surface area contributed by atoms with Crippen molar-refractivity contribution in [3.63, 3.8) is 0 Å². The summed E-state index contributed by atoms with van der Waals surface area (Å²) in [6, 6.07) is 0. The molecule has 12 heavy (non-hydrogen) atoms. The fourth-order valence-electron chi connectivity index (χ4n) is 0.493. The lowest BCUT2D eigenvalue weighted by molar-refractivity contribution is -0.124. The average molecular weight is 208 g/mol. The SMILES string of the molecule is O=C(CS)NCC(=O)NCCS. The summed E-state index contributed by atoms with van der Waals surface area (Å²) in [6.07, 6.45) is 0. The molecule has 0 aliphatic rings. The first-order valence-electron chi connectivity index (χ1n) is 3.45. The molecule has 0 heterocycles. The molecule has 0 aromatic rings. The second-order valence-corrected chi connectivity index (χ2v) is 2.77. The zero-order valence-electron chi connectivity index (χ0n) is 6.54. The summed E-state index contributed by atoms with van der Waals surface area (Å²) in [7, 11) is 0. The van der Waals surface area contributed by atoms with Crippen LogP contribution in [0.15, 0.2) is 0 Å². The van der Waals surface area contributed by atoms with E-state index in [4.69, 9.17) is 0 Å². The molecular formula is C6H12N2O2S2. The molecule has 70 valence electrons. The van der Waals surface area contributed by atoms with E-state index in [0.29, 0.717) is 12.3 Å². The number of amides is 2. The van der Waals surface area contributed by atoms with Crippen molar-refractivity contribution in [2.45, 2.75) is 0 Å². The Hall–Kier alpha value is -0.360. The van der Waals surface area contributed by atoms with Crippen LogP contribution in [0.3, 0.4) is 0 Å². The minimum Gasteiger partial charge on any atom is -0.354 e. The first-order valence-corrected chi connectivity index (χ1v) is 4.72. The quantitative estimate of drug-likeness (QED) is 0.442. The van der Waals surface area contributed by atoms with Gasteiger partial charge in [0.15, 0.2) is 0 Å². The van der Waals surface area contributed by atoms with E-state index >= 15 is 0 Å². The summed E-state index contributed by atoms with van der Waals surface area (Å²) >= 11 is 7.64. The molecular weight excluding hydrogens is 196 g/mol. The topological polar surface area (TPSA) is 58.2 Å². The van der Waals surface area contributed by atoms with E-state index in [2.05, 4.69) is 35.9 Å². The van der Waals surface area contributed by atoms with Crippen LogP contribution in [-0.2, 0) is 9.59 Å². The molecule has 2 N–H and O–H groups in total. The van der Waals surface area contributed by atoms with Crippen molar-refractivity contribution in [3.05, 3.63) is 0 Å². The molecule has 0 unspecified atom stereocenters. The van der Waals surface area contributed by atoms with Gasteiger partial charge in [0.1, 0.15) is 0 Å². The van der Waals surface area contributed by atoms with Crippen LogP contribution in [0.25, 0.3) is 0 Å². The first-order chi connectivity index (χ1) is 5.70. The van der Waals surface area contributed by atoms with Gasteiger partial charge in [0.2, 0.25) is 11.8 Å². The molecule has 0 aliphatic carbocycles. The molecule has 0 saturated carbocycles. The van der Waals surface area contributed by atoms with Gasteiger partial charge in [0.05, 0.1) is 12.3 Å². The lowest BCUT2D eigenvalue weighted by Crippen LogP contribution is -2.38. The molecule has 0 fully saturated rings. The van der Waals surface area contributed by atoms with E-state index in [9.17, 15) is 9.59 Å². The van der Waals surface area contributed by atoms with Crippen LogP contribution in [0, 0.1) is 0 Å². The van der Waals surface area contributed by atoms with Crippen molar-refractivity contribution >= 4 is 37.1 Å². The molecule has 0 spiro atoms. The summed E-state index contributed by atoms with van der Waals surface area (Å²) in [6.45, 7) is 0.520. The Morgan fingerprint density at radius 2 is 1.75 bits per heavy atom. The Labute approximate surface area is 82.3 Å². The predicted molar refractivity (Wildman–Crippen MR) is 53.7 cm³/mol.